The van der Waals surface area contributed by atoms with Crippen molar-refractivity contribution < 1.29 is 0 Å². The zero-order valence-electron chi connectivity index (χ0n) is 7.74. The van der Waals surface area contributed by atoms with E-state index in [2.05, 4.69) is 17.4 Å². The minimum atomic E-state index is 0.0590. The summed E-state index contributed by atoms with van der Waals surface area (Å²) in [6.07, 6.45) is 0. The summed E-state index contributed by atoms with van der Waals surface area (Å²) in [6, 6.07) is 10.3. The van der Waals surface area contributed by atoms with Crippen LogP contribution in [0.2, 0.25) is 0 Å². The fourth-order valence-electron chi connectivity index (χ4n) is 1.08. The molecule has 3 nitrogen and oxygen atoms in total. The molecule has 0 fully saturated rings. The van der Waals surface area contributed by atoms with Crippen molar-refractivity contribution >= 4 is 0 Å². The first-order valence-electron chi connectivity index (χ1n) is 4.53. The van der Waals surface area contributed by atoms with Gasteiger partial charge in [-0.05, 0) is 5.56 Å². The molecule has 13 heavy (non-hydrogen) atoms. The van der Waals surface area contributed by atoms with Gasteiger partial charge in [0.2, 0.25) is 0 Å². The summed E-state index contributed by atoms with van der Waals surface area (Å²) >= 11 is 0. The van der Waals surface area contributed by atoms with E-state index in [1.54, 1.807) is 0 Å². The van der Waals surface area contributed by atoms with E-state index in [4.69, 9.17) is 11.5 Å². The maximum absolute atomic E-state index is 5.65. The topological polar surface area (TPSA) is 64.1 Å². The molecule has 0 aliphatic heterocycles. The van der Waals surface area contributed by atoms with Gasteiger partial charge in [-0.2, -0.15) is 0 Å². The fraction of sp³-hybridized carbons (Fsp3) is 0.400. The van der Waals surface area contributed by atoms with Gasteiger partial charge in [0, 0.05) is 25.7 Å². The number of benzene rings is 1. The maximum Gasteiger partial charge on any atom is 0.0290 e. The lowest BCUT2D eigenvalue weighted by Crippen LogP contribution is -2.39. The van der Waals surface area contributed by atoms with Crippen LogP contribution in [0.15, 0.2) is 30.3 Å². The maximum atomic E-state index is 5.65. The van der Waals surface area contributed by atoms with Gasteiger partial charge in [-0.3, -0.25) is 0 Å². The Balaban J connectivity index is 2.20. The second kappa shape index (κ2) is 5.70. The van der Waals surface area contributed by atoms with Gasteiger partial charge < -0.3 is 16.8 Å². The van der Waals surface area contributed by atoms with Crippen molar-refractivity contribution in [2.45, 2.75) is 12.6 Å². The average molecular weight is 179 g/mol. The van der Waals surface area contributed by atoms with Crippen molar-refractivity contribution in [3.63, 3.8) is 0 Å². The molecule has 0 aliphatic carbocycles. The Morgan fingerprint density at radius 1 is 1.23 bits per heavy atom. The van der Waals surface area contributed by atoms with E-state index in [1.807, 2.05) is 18.2 Å². The minimum Gasteiger partial charge on any atom is -0.329 e. The van der Waals surface area contributed by atoms with Gasteiger partial charge in [0.25, 0.3) is 0 Å². The van der Waals surface area contributed by atoms with Crippen LogP contribution in [0.3, 0.4) is 0 Å². The third-order valence-electron chi connectivity index (χ3n) is 1.88. The monoisotopic (exact) mass is 179 g/mol. The van der Waals surface area contributed by atoms with E-state index in [-0.39, 0.29) is 6.04 Å². The molecular formula is C10H17N3. The number of hydrogen-bond acceptors (Lipinski definition) is 3. The second-order valence-corrected chi connectivity index (χ2v) is 3.11. The number of hydrogen-bond donors (Lipinski definition) is 3. The van der Waals surface area contributed by atoms with Crippen molar-refractivity contribution in [2.24, 2.45) is 11.5 Å². The molecule has 0 spiro atoms. The molecule has 5 N–H and O–H groups in total. The van der Waals surface area contributed by atoms with Crippen molar-refractivity contribution in [1.29, 1.82) is 0 Å². The molecule has 0 amide bonds. The summed E-state index contributed by atoms with van der Waals surface area (Å²) in [7, 11) is 0. The van der Waals surface area contributed by atoms with Crippen molar-refractivity contribution in [3.8, 4) is 0 Å². The molecule has 3 heteroatoms. The molecule has 0 saturated heterocycles. The molecule has 0 radical (unpaired) electrons. The van der Waals surface area contributed by atoms with Gasteiger partial charge in [-0.1, -0.05) is 30.3 Å². The van der Waals surface area contributed by atoms with Crippen molar-refractivity contribution in [2.75, 3.05) is 13.1 Å². The molecule has 1 aromatic carbocycles. The predicted molar refractivity (Wildman–Crippen MR) is 55.2 cm³/mol. The van der Waals surface area contributed by atoms with Gasteiger partial charge >= 0.3 is 0 Å². The Labute approximate surface area is 79.1 Å². The first-order valence-corrected chi connectivity index (χ1v) is 4.53. The van der Waals surface area contributed by atoms with Crippen LogP contribution in [0.5, 0.6) is 0 Å². The molecule has 1 atom stereocenters. The highest BCUT2D eigenvalue weighted by Crippen LogP contribution is 1.96. The van der Waals surface area contributed by atoms with E-state index in [1.165, 1.54) is 5.56 Å². The molecular weight excluding hydrogens is 162 g/mol. The highest BCUT2D eigenvalue weighted by atomic mass is 14.9. The number of rotatable bonds is 5. The molecule has 0 saturated carbocycles. The lowest BCUT2D eigenvalue weighted by atomic mass is 10.2. The largest absolute Gasteiger partial charge is 0.329 e. The summed E-state index contributed by atoms with van der Waals surface area (Å²) in [5.41, 5.74) is 12.3. The Bertz CT molecular complexity index is 223. The molecule has 0 heterocycles. The lowest BCUT2D eigenvalue weighted by Gasteiger charge is -2.09. The first kappa shape index (κ1) is 10.2. The van der Waals surface area contributed by atoms with Gasteiger partial charge in [0.1, 0.15) is 0 Å². The van der Waals surface area contributed by atoms with E-state index in [9.17, 15) is 0 Å². The number of nitrogens with two attached hydrogens (primary N) is 2. The molecule has 1 aromatic rings. The van der Waals surface area contributed by atoms with E-state index >= 15 is 0 Å². The Morgan fingerprint density at radius 3 is 2.54 bits per heavy atom. The average Bonchev–Trinajstić information content (AvgIpc) is 2.19. The normalized spacial score (nSPS) is 12.8. The minimum absolute atomic E-state index is 0.0590. The predicted octanol–water partition coefficient (Wildman–Crippen LogP) is 0.0622. The summed E-state index contributed by atoms with van der Waals surface area (Å²) in [5.74, 6) is 0. The summed E-state index contributed by atoms with van der Waals surface area (Å²) in [6.45, 7) is 2.15. The summed E-state index contributed by atoms with van der Waals surface area (Å²) in [5, 5.41) is 3.25. The highest BCUT2D eigenvalue weighted by molar-refractivity contribution is 5.14. The van der Waals surface area contributed by atoms with Crippen LogP contribution in [0.1, 0.15) is 5.56 Å². The SMILES string of the molecule is NCC(N)CNCc1ccccc1. The van der Waals surface area contributed by atoms with Crippen LogP contribution in [-0.4, -0.2) is 19.1 Å². The molecule has 0 aliphatic rings. The third kappa shape index (κ3) is 4.03. The summed E-state index contributed by atoms with van der Waals surface area (Å²) < 4.78 is 0. The van der Waals surface area contributed by atoms with Crippen LogP contribution >= 0.6 is 0 Å². The van der Waals surface area contributed by atoms with Crippen LogP contribution < -0.4 is 16.8 Å². The van der Waals surface area contributed by atoms with Crippen LogP contribution in [-0.2, 0) is 6.54 Å². The summed E-state index contributed by atoms with van der Waals surface area (Å²) in [4.78, 5) is 0. The Hall–Kier alpha value is -0.900. The van der Waals surface area contributed by atoms with Crippen LogP contribution in [0, 0.1) is 0 Å². The van der Waals surface area contributed by atoms with Crippen LogP contribution in [0.4, 0.5) is 0 Å². The second-order valence-electron chi connectivity index (χ2n) is 3.11. The van der Waals surface area contributed by atoms with Gasteiger partial charge in [-0.25, -0.2) is 0 Å². The van der Waals surface area contributed by atoms with E-state index in [0.29, 0.717) is 6.54 Å². The smallest absolute Gasteiger partial charge is 0.0290 e. The van der Waals surface area contributed by atoms with E-state index < -0.39 is 0 Å². The zero-order valence-corrected chi connectivity index (χ0v) is 7.74. The Kier molecular flexibility index (Phi) is 4.46. The molecule has 0 bridgehead atoms. The van der Waals surface area contributed by atoms with E-state index in [0.717, 1.165) is 13.1 Å². The van der Waals surface area contributed by atoms with Gasteiger partial charge in [-0.15, -0.1) is 0 Å². The fourth-order valence-corrected chi connectivity index (χ4v) is 1.08. The standard InChI is InChI=1S/C10H17N3/c11-6-10(12)8-13-7-9-4-2-1-3-5-9/h1-5,10,13H,6-8,11-12H2. The Morgan fingerprint density at radius 2 is 1.92 bits per heavy atom. The molecule has 72 valence electrons. The van der Waals surface area contributed by atoms with Crippen LogP contribution in [0.25, 0.3) is 0 Å². The zero-order chi connectivity index (χ0) is 9.52. The van der Waals surface area contributed by atoms with Crippen molar-refractivity contribution in [1.82, 2.24) is 5.32 Å². The molecule has 1 rings (SSSR count). The number of nitrogens with one attached hydrogen (secondary N) is 1. The quantitative estimate of drug-likeness (QED) is 0.599. The first-order chi connectivity index (χ1) is 6.33. The highest BCUT2D eigenvalue weighted by Gasteiger charge is 1.97. The third-order valence-corrected chi connectivity index (χ3v) is 1.88. The molecule has 1 unspecified atom stereocenters. The van der Waals surface area contributed by atoms with Gasteiger partial charge in [0.15, 0.2) is 0 Å². The lowest BCUT2D eigenvalue weighted by molar-refractivity contribution is 0.582. The van der Waals surface area contributed by atoms with Crippen molar-refractivity contribution in [3.05, 3.63) is 35.9 Å². The molecule has 0 aromatic heterocycles. The van der Waals surface area contributed by atoms with Gasteiger partial charge in [0.05, 0.1) is 0 Å².